The van der Waals surface area contributed by atoms with Gasteiger partial charge in [0.05, 0.1) is 16.3 Å². The van der Waals surface area contributed by atoms with Crippen LogP contribution in [-0.2, 0) is 9.84 Å². The maximum absolute atomic E-state index is 11.6. The molecule has 0 aliphatic heterocycles. The van der Waals surface area contributed by atoms with Gasteiger partial charge in [-0.3, -0.25) is 0 Å². The predicted octanol–water partition coefficient (Wildman–Crippen LogP) is -0.300. The van der Waals surface area contributed by atoms with Crippen molar-refractivity contribution in [2.75, 3.05) is 5.75 Å². The molecule has 0 radical (unpaired) electrons. The van der Waals surface area contributed by atoms with Crippen LogP contribution in [0.15, 0.2) is 39.1 Å². The van der Waals surface area contributed by atoms with Crippen molar-refractivity contribution in [1.82, 2.24) is 0 Å². The number of nitrogens with two attached hydrogens (primary N) is 3. The molecular formula is C10H15N5O2S. The molecule has 7 nitrogen and oxygen atoms in total. The van der Waals surface area contributed by atoms with Gasteiger partial charge >= 0.3 is 0 Å². The van der Waals surface area contributed by atoms with E-state index in [4.69, 9.17) is 17.2 Å². The van der Waals surface area contributed by atoms with Crippen LogP contribution < -0.4 is 17.2 Å². The topological polar surface area (TPSA) is 137 Å². The minimum atomic E-state index is -3.21. The lowest BCUT2D eigenvalue weighted by Crippen LogP contribution is -2.26. The van der Waals surface area contributed by atoms with Gasteiger partial charge in [0.25, 0.3) is 0 Å². The molecule has 0 heterocycles. The van der Waals surface area contributed by atoms with Crippen molar-refractivity contribution in [2.24, 2.45) is 27.2 Å². The molecule has 0 saturated carbocycles. The van der Waals surface area contributed by atoms with Gasteiger partial charge in [-0.05, 0) is 24.3 Å². The molecule has 98 valence electrons. The smallest absolute Gasteiger partial charge is 0.223 e. The molecule has 0 unspecified atom stereocenters. The zero-order valence-electron chi connectivity index (χ0n) is 9.87. The number of sulfone groups is 1. The van der Waals surface area contributed by atoms with Gasteiger partial charge in [0, 0.05) is 0 Å². The molecule has 0 aliphatic carbocycles. The summed E-state index contributed by atoms with van der Waals surface area (Å²) in [4.78, 5) is 7.68. The van der Waals surface area contributed by atoms with Crippen molar-refractivity contribution in [2.45, 2.75) is 11.8 Å². The van der Waals surface area contributed by atoms with Crippen molar-refractivity contribution < 1.29 is 8.42 Å². The zero-order chi connectivity index (χ0) is 13.8. The van der Waals surface area contributed by atoms with E-state index in [1.807, 2.05) is 0 Å². The van der Waals surface area contributed by atoms with E-state index in [0.717, 1.165) is 0 Å². The Morgan fingerprint density at radius 1 is 1.17 bits per heavy atom. The minimum Gasteiger partial charge on any atom is -0.370 e. The monoisotopic (exact) mass is 269 g/mol. The molecule has 18 heavy (non-hydrogen) atoms. The molecule has 1 aromatic carbocycles. The number of aliphatic imine (C=N–C) groups is 2. The Kier molecular flexibility index (Phi) is 4.27. The summed E-state index contributed by atoms with van der Waals surface area (Å²) in [5.74, 6) is -0.242. The lowest BCUT2D eigenvalue weighted by atomic mass is 10.3. The Hall–Kier alpha value is -2.09. The van der Waals surface area contributed by atoms with Crippen LogP contribution in [0.25, 0.3) is 0 Å². The number of hydrogen-bond acceptors (Lipinski definition) is 3. The van der Waals surface area contributed by atoms with Gasteiger partial charge in [-0.1, -0.05) is 6.92 Å². The Morgan fingerprint density at radius 3 is 2.17 bits per heavy atom. The molecule has 0 aliphatic rings. The van der Waals surface area contributed by atoms with Crippen LogP contribution in [0, 0.1) is 0 Å². The van der Waals surface area contributed by atoms with E-state index >= 15 is 0 Å². The van der Waals surface area contributed by atoms with Gasteiger partial charge < -0.3 is 17.2 Å². The van der Waals surface area contributed by atoms with Gasteiger partial charge in [0.1, 0.15) is 0 Å². The molecule has 6 N–H and O–H groups in total. The number of rotatable bonds is 3. The molecule has 1 aromatic rings. The van der Waals surface area contributed by atoms with Gasteiger partial charge in [-0.15, -0.1) is 0 Å². The van der Waals surface area contributed by atoms with Crippen molar-refractivity contribution >= 4 is 27.4 Å². The average Bonchev–Trinajstić information content (AvgIpc) is 2.28. The summed E-state index contributed by atoms with van der Waals surface area (Å²) in [7, 11) is -3.21. The first-order chi connectivity index (χ1) is 8.35. The lowest BCUT2D eigenvalue weighted by molar-refractivity contribution is 0.597. The predicted molar refractivity (Wildman–Crippen MR) is 71.3 cm³/mol. The lowest BCUT2D eigenvalue weighted by Gasteiger charge is -2.01. The molecule has 0 aromatic heterocycles. The first kappa shape index (κ1) is 14.0. The number of guanidine groups is 2. The van der Waals surface area contributed by atoms with Crippen molar-refractivity contribution in [3.63, 3.8) is 0 Å². The second-order valence-electron chi connectivity index (χ2n) is 3.40. The second kappa shape index (κ2) is 5.50. The van der Waals surface area contributed by atoms with E-state index in [-0.39, 0.29) is 22.6 Å². The van der Waals surface area contributed by atoms with Crippen LogP contribution in [0.5, 0.6) is 0 Å². The van der Waals surface area contributed by atoms with Gasteiger partial charge in [-0.2, -0.15) is 4.99 Å². The van der Waals surface area contributed by atoms with E-state index in [2.05, 4.69) is 9.98 Å². The highest BCUT2D eigenvalue weighted by Gasteiger charge is 2.10. The van der Waals surface area contributed by atoms with Crippen molar-refractivity contribution in [3.05, 3.63) is 24.3 Å². The van der Waals surface area contributed by atoms with Gasteiger partial charge in [-0.25, -0.2) is 13.4 Å². The Balaban J connectivity index is 3.01. The summed E-state index contributed by atoms with van der Waals surface area (Å²) >= 11 is 0. The van der Waals surface area contributed by atoms with Gasteiger partial charge in [0.2, 0.25) is 5.96 Å². The zero-order valence-corrected chi connectivity index (χ0v) is 10.7. The summed E-state index contributed by atoms with van der Waals surface area (Å²) < 4.78 is 23.1. The fourth-order valence-electron chi connectivity index (χ4n) is 1.18. The summed E-state index contributed by atoms with van der Waals surface area (Å²) in [6, 6.07) is 5.97. The Morgan fingerprint density at radius 2 is 1.72 bits per heavy atom. The largest absolute Gasteiger partial charge is 0.370 e. The fourth-order valence-corrected chi connectivity index (χ4v) is 2.07. The molecule has 0 bridgehead atoms. The molecule has 1 rings (SSSR count). The molecule has 8 heteroatoms. The van der Waals surface area contributed by atoms with Crippen LogP contribution in [0.2, 0.25) is 0 Å². The van der Waals surface area contributed by atoms with E-state index in [0.29, 0.717) is 5.69 Å². The summed E-state index contributed by atoms with van der Waals surface area (Å²) in [6.45, 7) is 1.58. The SMILES string of the molecule is CCS(=O)(=O)c1ccc(N=C(N)N=C(N)N)cc1. The van der Waals surface area contributed by atoms with E-state index < -0.39 is 9.84 Å². The van der Waals surface area contributed by atoms with E-state index in [1.165, 1.54) is 24.3 Å². The highest BCUT2D eigenvalue weighted by atomic mass is 32.2. The Labute approximate surface area is 105 Å². The molecule has 0 amide bonds. The fraction of sp³-hybridized carbons (Fsp3) is 0.200. The average molecular weight is 269 g/mol. The second-order valence-corrected chi connectivity index (χ2v) is 5.68. The molecule has 0 saturated heterocycles. The standard InChI is InChI=1S/C10H15N5O2S/c1-2-18(16,17)8-5-3-7(4-6-8)14-10(13)15-9(11)12/h3-6H,2H2,1H3,(H6,11,12,13,14,15). The summed E-state index contributed by atoms with van der Waals surface area (Å²) in [5, 5.41) is 0. The van der Waals surface area contributed by atoms with Gasteiger partial charge in [0.15, 0.2) is 15.8 Å². The van der Waals surface area contributed by atoms with Crippen LogP contribution >= 0.6 is 0 Å². The maximum atomic E-state index is 11.6. The summed E-state index contributed by atoms with van der Waals surface area (Å²) in [5.41, 5.74) is 16.2. The molecule has 0 atom stereocenters. The molecule has 0 fully saturated rings. The highest BCUT2D eigenvalue weighted by molar-refractivity contribution is 7.91. The first-order valence-electron chi connectivity index (χ1n) is 5.12. The highest BCUT2D eigenvalue weighted by Crippen LogP contribution is 2.17. The Bertz CT molecular complexity index is 571. The third-order valence-electron chi connectivity index (χ3n) is 2.06. The molecular weight excluding hydrogens is 254 g/mol. The number of hydrogen-bond donors (Lipinski definition) is 3. The number of nitrogens with zero attached hydrogens (tertiary/aromatic N) is 2. The maximum Gasteiger partial charge on any atom is 0.223 e. The number of benzene rings is 1. The summed E-state index contributed by atoms with van der Waals surface area (Å²) in [6.07, 6.45) is 0. The van der Waals surface area contributed by atoms with E-state index in [9.17, 15) is 8.42 Å². The quantitative estimate of drug-likeness (QED) is 0.511. The van der Waals surface area contributed by atoms with Crippen molar-refractivity contribution in [3.8, 4) is 0 Å². The first-order valence-corrected chi connectivity index (χ1v) is 6.77. The molecule has 0 spiro atoms. The van der Waals surface area contributed by atoms with Crippen LogP contribution in [0.3, 0.4) is 0 Å². The van der Waals surface area contributed by atoms with Crippen molar-refractivity contribution in [1.29, 1.82) is 0 Å². The minimum absolute atomic E-state index is 0.0474. The normalized spacial score (nSPS) is 12.2. The third-order valence-corrected chi connectivity index (χ3v) is 3.81. The van der Waals surface area contributed by atoms with Crippen LogP contribution in [-0.4, -0.2) is 26.1 Å². The third kappa shape index (κ3) is 3.74. The van der Waals surface area contributed by atoms with E-state index in [1.54, 1.807) is 6.92 Å². The van der Waals surface area contributed by atoms with Crippen LogP contribution in [0.1, 0.15) is 6.92 Å². The van der Waals surface area contributed by atoms with Crippen LogP contribution in [0.4, 0.5) is 5.69 Å².